The zero-order valence-corrected chi connectivity index (χ0v) is 12.6. The van der Waals surface area contributed by atoms with Crippen LogP contribution in [0.4, 0.5) is 5.69 Å². The number of anilines is 1. The number of aryl methyl sites for hydroxylation is 1. The summed E-state index contributed by atoms with van der Waals surface area (Å²) in [6.07, 6.45) is 4.65. The van der Waals surface area contributed by atoms with Crippen LogP contribution in [-0.2, 0) is 11.2 Å². The molecule has 0 fully saturated rings. The van der Waals surface area contributed by atoms with Crippen LogP contribution in [0.2, 0.25) is 0 Å². The lowest BCUT2D eigenvalue weighted by Crippen LogP contribution is -2.30. The molecule has 0 aliphatic carbocycles. The van der Waals surface area contributed by atoms with E-state index >= 15 is 0 Å². The molecule has 23 heavy (non-hydrogen) atoms. The van der Waals surface area contributed by atoms with E-state index in [2.05, 4.69) is 15.1 Å². The molecule has 0 atom stereocenters. The maximum atomic E-state index is 11.8. The third-order valence-electron chi connectivity index (χ3n) is 4.02. The molecule has 0 unspecified atom stereocenters. The van der Waals surface area contributed by atoms with Crippen LogP contribution in [0.25, 0.3) is 22.8 Å². The van der Waals surface area contributed by atoms with Gasteiger partial charge in [0.1, 0.15) is 0 Å². The van der Waals surface area contributed by atoms with Crippen molar-refractivity contribution in [2.45, 2.75) is 12.8 Å². The SMILES string of the molecule is CN1C(=O)CCc2cc(-c3nc(-c4cccnc4)no3)ccc21. The molecule has 1 aliphatic rings. The topological polar surface area (TPSA) is 72.1 Å². The van der Waals surface area contributed by atoms with Gasteiger partial charge in [-0.2, -0.15) is 4.98 Å². The molecule has 3 aromatic rings. The summed E-state index contributed by atoms with van der Waals surface area (Å²) < 4.78 is 5.37. The smallest absolute Gasteiger partial charge is 0.258 e. The van der Waals surface area contributed by atoms with Crippen LogP contribution in [-0.4, -0.2) is 28.1 Å². The van der Waals surface area contributed by atoms with Crippen LogP contribution >= 0.6 is 0 Å². The molecule has 1 amide bonds. The maximum Gasteiger partial charge on any atom is 0.258 e. The van der Waals surface area contributed by atoms with Gasteiger partial charge >= 0.3 is 0 Å². The summed E-state index contributed by atoms with van der Waals surface area (Å²) in [5.41, 5.74) is 3.72. The molecule has 0 bridgehead atoms. The van der Waals surface area contributed by atoms with Crippen LogP contribution in [0.1, 0.15) is 12.0 Å². The molecule has 3 heterocycles. The number of carbonyl (C=O) groups is 1. The van der Waals surface area contributed by atoms with Gasteiger partial charge < -0.3 is 9.42 Å². The van der Waals surface area contributed by atoms with Crippen molar-refractivity contribution in [3.8, 4) is 22.8 Å². The molecule has 0 N–H and O–H groups in total. The summed E-state index contributed by atoms with van der Waals surface area (Å²) in [5, 5.41) is 4.01. The van der Waals surface area contributed by atoms with Crippen LogP contribution in [0, 0.1) is 0 Å². The second kappa shape index (κ2) is 5.31. The van der Waals surface area contributed by atoms with Gasteiger partial charge in [0.25, 0.3) is 5.89 Å². The predicted molar refractivity (Wildman–Crippen MR) is 84.7 cm³/mol. The van der Waals surface area contributed by atoms with Crippen molar-refractivity contribution in [2.24, 2.45) is 0 Å². The second-order valence-corrected chi connectivity index (χ2v) is 5.46. The summed E-state index contributed by atoms with van der Waals surface area (Å²) in [5.74, 6) is 1.12. The second-order valence-electron chi connectivity index (χ2n) is 5.46. The van der Waals surface area contributed by atoms with Crippen molar-refractivity contribution < 1.29 is 9.32 Å². The number of benzene rings is 1. The molecule has 1 aromatic carbocycles. The summed E-state index contributed by atoms with van der Waals surface area (Å²) >= 11 is 0. The van der Waals surface area contributed by atoms with Gasteiger partial charge in [-0.05, 0) is 42.3 Å². The molecular formula is C17H14N4O2. The van der Waals surface area contributed by atoms with Crippen molar-refractivity contribution in [2.75, 3.05) is 11.9 Å². The van der Waals surface area contributed by atoms with E-state index in [4.69, 9.17) is 4.52 Å². The van der Waals surface area contributed by atoms with E-state index in [9.17, 15) is 4.79 Å². The number of fused-ring (bicyclic) bond motifs is 1. The number of pyridine rings is 1. The lowest BCUT2D eigenvalue weighted by Gasteiger charge is -2.25. The monoisotopic (exact) mass is 306 g/mol. The van der Waals surface area contributed by atoms with Crippen LogP contribution in [0.5, 0.6) is 0 Å². The lowest BCUT2D eigenvalue weighted by atomic mass is 9.99. The lowest BCUT2D eigenvalue weighted by molar-refractivity contribution is -0.118. The third kappa shape index (κ3) is 2.38. The fraction of sp³-hybridized carbons (Fsp3) is 0.176. The number of carbonyl (C=O) groups excluding carboxylic acids is 1. The Morgan fingerprint density at radius 3 is 2.91 bits per heavy atom. The van der Waals surface area contributed by atoms with Gasteiger partial charge in [0.2, 0.25) is 11.7 Å². The zero-order chi connectivity index (χ0) is 15.8. The van der Waals surface area contributed by atoms with E-state index in [1.54, 1.807) is 24.3 Å². The predicted octanol–water partition coefficient (Wildman–Crippen LogP) is 2.71. The minimum absolute atomic E-state index is 0.141. The minimum Gasteiger partial charge on any atom is -0.334 e. The quantitative estimate of drug-likeness (QED) is 0.728. The Balaban J connectivity index is 1.70. The average Bonchev–Trinajstić information content (AvgIpc) is 3.09. The molecule has 2 aromatic heterocycles. The van der Waals surface area contributed by atoms with Gasteiger partial charge in [-0.15, -0.1) is 0 Å². The Morgan fingerprint density at radius 2 is 2.09 bits per heavy atom. The van der Waals surface area contributed by atoms with E-state index in [0.29, 0.717) is 18.1 Å². The number of aromatic nitrogens is 3. The largest absolute Gasteiger partial charge is 0.334 e. The molecule has 0 spiro atoms. The molecule has 6 heteroatoms. The fourth-order valence-corrected chi connectivity index (χ4v) is 2.74. The Labute approximate surface area is 132 Å². The summed E-state index contributed by atoms with van der Waals surface area (Å²) in [4.78, 5) is 21.9. The van der Waals surface area contributed by atoms with Gasteiger partial charge in [-0.25, -0.2) is 0 Å². The average molecular weight is 306 g/mol. The van der Waals surface area contributed by atoms with Crippen LogP contribution < -0.4 is 4.90 Å². The molecule has 4 rings (SSSR count). The molecule has 0 saturated heterocycles. The number of nitrogens with zero attached hydrogens (tertiary/aromatic N) is 4. The van der Waals surface area contributed by atoms with Gasteiger partial charge in [0.15, 0.2) is 0 Å². The highest BCUT2D eigenvalue weighted by atomic mass is 16.5. The molecule has 0 saturated carbocycles. The van der Waals surface area contributed by atoms with Crippen molar-refractivity contribution in [3.05, 3.63) is 48.3 Å². The molecular weight excluding hydrogens is 292 g/mol. The van der Waals surface area contributed by atoms with E-state index in [-0.39, 0.29) is 5.91 Å². The molecule has 0 radical (unpaired) electrons. The standard InChI is InChI=1S/C17H14N4O2/c1-21-14-6-4-12(9-11(14)5-7-15(21)22)17-19-16(20-23-17)13-3-2-8-18-10-13/h2-4,6,8-10H,5,7H2,1H3. The van der Waals surface area contributed by atoms with Gasteiger partial charge in [0, 0.05) is 42.7 Å². The Kier molecular flexibility index (Phi) is 3.15. The maximum absolute atomic E-state index is 11.8. The van der Waals surface area contributed by atoms with Crippen LogP contribution in [0.3, 0.4) is 0 Å². The van der Waals surface area contributed by atoms with Crippen molar-refractivity contribution in [1.82, 2.24) is 15.1 Å². The Morgan fingerprint density at radius 1 is 1.17 bits per heavy atom. The summed E-state index contributed by atoms with van der Waals surface area (Å²) in [6.45, 7) is 0. The van der Waals surface area contributed by atoms with E-state index in [0.717, 1.165) is 28.8 Å². The van der Waals surface area contributed by atoms with Gasteiger partial charge in [0.05, 0.1) is 0 Å². The number of amides is 1. The Hall–Kier alpha value is -3.02. The first-order valence-corrected chi connectivity index (χ1v) is 7.36. The first kappa shape index (κ1) is 13.6. The molecule has 1 aliphatic heterocycles. The summed E-state index contributed by atoms with van der Waals surface area (Å²) in [7, 11) is 1.80. The first-order valence-electron chi connectivity index (χ1n) is 7.36. The van der Waals surface area contributed by atoms with E-state index in [1.165, 1.54) is 0 Å². The Bertz CT molecular complexity index is 873. The molecule has 6 nitrogen and oxygen atoms in total. The number of rotatable bonds is 2. The highest BCUT2D eigenvalue weighted by Crippen LogP contribution is 2.31. The van der Waals surface area contributed by atoms with Crippen molar-refractivity contribution >= 4 is 11.6 Å². The number of hydrogen-bond donors (Lipinski definition) is 0. The van der Waals surface area contributed by atoms with Crippen molar-refractivity contribution in [1.29, 1.82) is 0 Å². The van der Waals surface area contributed by atoms with Crippen molar-refractivity contribution in [3.63, 3.8) is 0 Å². The molecule has 114 valence electrons. The van der Waals surface area contributed by atoms with E-state index < -0.39 is 0 Å². The highest BCUT2D eigenvalue weighted by Gasteiger charge is 2.22. The number of hydrogen-bond acceptors (Lipinski definition) is 5. The van der Waals surface area contributed by atoms with Gasteiger partial charge in [-0.3, -0.25) is 9.78 Å². The minimum atomic E-state index is 0.141. The van der Waals surface area contributed by atoms with E-state index in [1.807, 2.05) is 30.3 Å². The summed E-state index contributed by atoms with van der Waals surface area (Å²) in [6, 6.07) is 9.55. The van der Waals surface area contributed by atoms with Gasteiger partial charge in [-0.1, -0.05) is 5.16 Å². The normalized spacial score (nSPS) is 14.0. The first-order chi connectivity index (χ1) is 11.2. The third-order valence-corrected chi connectivity index (χ3v) is 4.02. The fourth-order valence-electron chi connectivity index (χ4n) is 2.74. The highest BCUT2D eigenvalue weighted by molar-refractivity contribution is 5.96. The van der Waals surface area contributed by atoms with Crippen LogP contribution in [0.15, 0.2) is 47.2 Å². The zero-order valence-electron chi connectivity index (χ0n) is 12.6.